The summed E-state index contributed by atoms with van der Waals surface area (Å²) in [6.07, 6.45) is 2.95. The fraction of sp³-hybridized carbons (Fsp3) is 0.258. The number of anilines is 1. The molecule has 4 aromatic rings. The molecule has 0 spiro atoms. The molecule has 7 nitrogen and oxygen atoms in total. The van der Waals surface area contributed by atoms with E-state index in [9.17, 15) is 4.79 Å². The lowest BCUT2D eigenvalue weighted by molar-refractivity contribution is -0.116. The molecule has 2 aromatic heterocycles. The number of nitrogens with zero attached hydrogens (tertiary/aromatic N) is 3. The first kappa shape index (κ1) is 26.4. The van der Waals surface area contributed by atoms with Crippen molar-refractivity contribution in [2.75, 3.05) is 19.0 Å². The number of pyridine rings is 1. The number of ether oxygens (including phenoxy) is 1. The molecule has 0 bridgehead atoms. The number of para-hydroxylation sites is 1. The van der Waals surface area contributed by atoms with Crippen LogP contribution < -0.4 is 15.4 Å². The maximum Gasteiger partial charge on any atom is 0.226 e. The largest absolute Gasteiger partial charge is 0.497 e. The van der Waals surface area contributed by atoms with Crippen LogP contribution in [0.2, 0.25) is 0 Å². The molecule has 2 aromatic carbocycles. The van der Waals surface area contributed by atoms with Gasteiger partial charge in [0, 0.05) is 41.9 Å². The van der Waals surface area contributed by atoms with Crippen LogP contribution in [-0.2, 0) is 11.2 Å². The predicted molar refractivity (Wildman–Crippen MR) is 158 cm³/mol. The molecule has 0 unspecified atom stereocenters. The van der Waals surface area contributed by atoms with E-state index in [1.54, 1.807) is 13.3 Å². The van der Waals surface area contributed by atoms with E-state index in [1.165, 1.54) is 0 Å². The van der Waals surface area contributed by atoms with Crippen LogP contribution in [0.3, 0.4) is 0 Å². The molecule has 2 N–H and O–H groups in total. The van der Waals surface area contributed by atoms with Gasteiger partial charge < -0.3 is 24.8 Å². The summed E-state index contributed by atoms with van der Waals surface area (Å²) in [5, 5.41) is 7.20. The zero-order valence-corrected chi connectivity index (χ0v) is 23.2. The quantitative estimate of drug-likeness (QED) is 0.264. The summed E-state index contributed by atoms with van der Waals surface area (Å²) < 4.78 is 7.61. The zero-order chi connectivity index (χ0) is 27.4. The second-order valence-electron chi connectivity index (χ2n) is 9.56. The Morgan fingerprint density at radius 1 is 1.05 bits per heavy atom. The van der Waals surface area contributed by atoms with Crippen LogP contribution >= 0.6 is 12.2 Å². The molecular formula is C31H33N5O2S. The SMILES string of the molecule is CCc1ccccc1NC(=O)CCN1C(=S)N[C@@H](c2ccccn2)[C@H]1c1ccc(C)n1-c1ccc(OC)cc1. The number of amides is 1. The normalized spacial score (nSPS) is 16.7. The Balaban J connectivity index is 1.46. The lowest BCUT2D eigenvalue weighted by Crippen LogP contribution is -2.33. The van der Waals surface area contributed by atoms with E-state index >= 15 is 0 Å². The van der Waals surface area contributed by atoms with Gasteiger partial charge in [0.1, 0.15) is 5.75 Å². The molecule has 0 radical (unpaired) electrons. The Hall–Kier alpha value is -4.17. The summed E-state index contributed by atoms with van der Waals surface area (Å²) in [5.41, 5.74) is 6.07. The van der Waals surface area contributed by atoms with Crippen molar-refractivity contribution in [2.24, 2.45) is 0 Å². The average Bonchev–Trinajstić information content (AvgIpc) is 3.51. The standard InChI is InChI=1S/C31H33N5O2S/c1-4-22-9-5-6-10-25(22)33-28(37)18-20-35-30(29(34-31(35)39)26-11-7-8-19-32-26)27-17-12-21(2)36(27)23-13-15-24(38-3)16-14-23/h5-17,19,29-30H,4,18,20H2,1-3H3,(H,33,37)(H,34,39)/t29-,30+/m0/s1. The first-order valence-electron chi connectivity index (χ1n) is 13.2. The molecule has 5 rings (SSSR count). The number of carbonyl (C=O) groups excluding carboxylic acids is 1. The van der Waals surface area contributed by atoms with E-state index in [2.05, 4.69) is 63.2 Å². The van der Waals surface area contributed by atoms with Crippen LogP contribution in [0.4, 0.5) is 5.69 Å². The summed E-state index contributed by atoms with van der Waals surface area (Å²) in [4.78, 5) is 19.8. The number of rotatable bonds is 9. The van der Waals surface area contributed by atoms with Crippen LogP contribution in [0, 0.1) is 6.92 Å². The van der Waals surface area contributed by atoms with Crippen molar-refractivity contribution in [3.05, 3.63) is 108 Å². The molecule has 3 heterocycles. The maximum atomic E-state index is 13.1. The number of aromatic nitrogens is 2. The third-order valence-electron chi connectivity index (χ3n) is 7.19. The summed E-state index contributed by atoms with van der Waals surface area (Å²) in [6.45, 7) is 4.64. The molecule has 1 saturated heterocycles. The number of benzene rings is 2. The third kappa shape index (κ3) is 5.52. The monoisotopic (exact) mass is 539 g/mol. The van der Waals surface area contributed by atoms with E-state index in [0.29, 0.717) is 18.1 Å². The fourth-order valence-corrected chi connectivity index (χ4v) is 5.56. The number of hydrogen-bond acceptors (Lipinski definition) is 4. The third-order valence-corrected chi connectivity index (χ3v) is 7.54. The lowest BCUT2D eigenvalue weighted by Gasteiger charge is -2.29. The van der Waals surface area contributed by atoms with Crippen molar-refractivity contribution in [1.82, 2.24) is 19.8 Å². The highest BCUT2D eigenvalue weighted by atomic mass is 32.1. The highest BCUT2D eigenvalue weighted by Gasteiger charge is 2.41. The topological polar surface area (TPSA) is 71.4 Å². The zero-order valence-electron chi connectivity index (χ0n) is 22.4. The van der Waals surface area contributed by atoms with Gasteiger partial charge in [-0.25, -0.2) is 0 Å². The minimum absolute atomic E-state index is 0.0412. The van der Waals surface area contributed by atoms with Gasteiger partial charge in [-0.15, -0.1) is 0 Å². The van der Waals surface area contributed by atoms with Crippen LogP contribution in [0.1, 0.15) is 48.1 Å². The first-order valence-corrected chi connectivity index (χ1v) is 13.6. The minimum Gasteiger partial charge on any atom is -0.497 e. The Morgan fingerprint density at radius 2 is 1.82 bits per heavy atom. The number of thiocarbonyl (C=S) groups is 1. The highest BCUT2D eigenvalue weighted by molar-refractivity contribution is 7.80. The molecule has 200 valence electrons. The van der Waals surface area contributed by atoms with Crippen molar-refractivity contribution in [1.29, 1.82) is 0 Å². The van der Waals surface area contributed by atoms with E-state index < -0.39 is 0 Å². The minimum atomic E-state index is -0.172. The van der Waals surface area contributed by atoms with Crippen LogP contribution in [0.5, 0.6) is 5.75 Å². The van der Waals surface area contributed by atoms with E-state index in [1.807, 2.05) is 54.6 Å². The molecule has 1 aliphatic rings. The van der Waals surface area contributed by atoms with Crippen molar-refractivity contribution in [2.45, 2.75) is 38.8 Å². The average molecular weight is 540 g/mol. The molecule has 0 saturated carbocycles. The highest BCUT2D eigenvalue weighted by Crippen LogP contribution is 2.40. The Bertz CT molecular complexity index is 1450. The van der Waals surface area contributed by atoms with E-state index in [0.717, 1.165) is 46.2 Å². The fourth-order valence-electron chi connectivity index (χ4n) is 5.23. The van der Waals surface area contributed by atoms with Gasteiger partial charge in [-0.1, -0.05) is 31.2 Å². The van der Waals surface area contributed by atoms with E-state index in [4.69, 9.17) is 17.0 Å². The van der Waals surface area contributed by atoms with Gasteiger partial charge in [-0.3, -0.25) is 9.78 Å². The second kappa shape index (κ2) is 11.7. The Kier molecular flexibility index (Phi) is 7.93. The summed E-state index contributed by atoms with van der Waals surface area (Å²) >= 11 is 5.84. The molecule has 1 amide bonds. The van der Waals surface area contributed by atoms with Crippen LogP contribution in [0.25, 0.3) is 5.69 Å². The molecule has 1 aliphatic heterocycles. The van der Waals surface area contributed by atoms with Gasteiger partial charge in [-0.05, 0) is 85.7 Å². The van der Waals surface area contributed by atoms with Crippen molar-refractivity contribution in [3.63, 3.8) is 0 Å². The molecule has 2 atom stereocenters. The van der Waals surface area contributed by atoms with Crippen molar-refractivity contribution in [3.8, 4) is 11.4 Å². The second-order valence-corrected chi connectivity index (χ2v) is 9.95. The van der Waals surface area contributed by atoms with Gasteiger partial charge in [0.25, 0.3) is 0 Å². The maximum absolute atomic E-state index is 13.1. The summed E-state index contributed by atoms with van der Waals surface area (Å²) in [7, 11) is 1.67. The van der Waals surface area contributed by atoms with Crippen molar-refractivity contribution >= 4 is 28.9 Å². The smallest absolute Gasteiger partial charge is 0.226 e. The molecule has 1 fully saturated rings. The van der Waals surface area contributed by atoms with Gasteiger partial charge in [0.05, 0.1) is 24.9 Å². The van der Waals surface area contributed by atoms with Gasteiger partial charge in [-0.2, -0.15) is 0 Å². The predicted octanol–water partition coefficient (Wildman–Crippen LogP) is 5.75. The molecule has 0 aliphatic carbocycles. The summed E-state index contributed by atoms with van der Waals surface area (Å²) in [6, 6.07) is 25.8. The Morgan fingerprint density at radius 3 is 2.54 bits per heavy atom. The number of nitrogens with one attached hydrogen (secondary N) is 2. The van der Waals surface area contributed by atoms with Gasteiger partial charge in [0.15, 0.2) is 5.11 Å². The van der Waals surface area contributed by atoms with E-state index in [-0.39, 0.29) is 18.0 Å². The van der Waals surface area contributed by atoms with Crippen LogP contribution in [0.15, 0.2) is 85.1 Å². The van der Waals surface area contributed by atoms with Crippen molar-refractivity contribution < 1.29 is 9.53 Å². The number of methoxy groups -OCH3 is 1. The number of hydrogen-bond donors (Lipinski definition) is 2. The first-order chi connectivity index (χ1) is 19.0. The molecule has 8 heteroatoms. The molecular weight excluding hydrogens is 506 g/mol. The summed E-state index contributed by atoms with van der Waals surface area (Å²) in [5.74, 6) is 0.762. The van der Waals surface area contributed by atoms with Gasteiger partial charge >= 0.3 is 0 Å². The van der Waals surface area contributed by atoms with Crippen LogP contribution in [-0.4, -0.2) is 39.1 Å². The lowest BCUT2D eigenvalue weighted by atomic mass is 10.0. The number of carbonyl (C=O) groups is 1. The Labute approximate surface area is 234 Å². The number of aryl methyl sites for hydroxylation is 2. The van der Waals surface area contributed by atoms with Gasteiger partial charge in [0.2, 0.25) is 5.91 Å². The molecule has 39 heavy (non-hydrogen) atoms.